The summed E-state index contributed by atoms with van der Waals surface area (Å²) in [6, 6.07) is 3.72. The Morgan fingerprint density at radius 2 is 1.89 bits per heavy atom. The average molecular weight is 527 g/mol. The van der Waals surface area contributed by atoms with Gasteiger partial charge in [-0.2, -0.15) is 0 Å². The van der Waals surface area contributed by atoms with E-state index in [1.807, 2.05) is 27.7 Å². The fraction of sp³-hybridized carbons (Fsp3) is 0.476. The molecule has 1 aliphatic heterocycles. The van der Waals surface area contributed by atoms with E-state index in [2.05, 4.69) is 19.5 Å². The number of hydrogen-bond donors (Lipinski definition) is 3. The summed E-state index contributed by atoms with van der Waals surface area (Å²) in [5, 5.41) is 15.4. The maximum absolute atomic E-state index is 13.3. The van der Waals surface area contributed by atoms with Gasteiger partial charge in [-0.1, -0.05) is 13.8 Å². The number of nitrogens with zero attached hydrogens (tertiary/aromatic N) is 4. The second-order valence-electron chi connectivity index (χ2n) is 9.09. The van der Waals surface area contributed by atoms with E-state index < -0.39 is 31.4 Å². The molecule has 192 valence electrons. The van der Waals surface area contributed by atoms with E-state index in [-0.39, 0.29) is 52.0 Å². The van der Waals surface area contributed by atoms with E-state index in [1.54, 1.807) is 11.9 Å². The van der Waals surface area contributed by atoms with Crippen LogP contribution >= 0.6 is 0 Å². The lowest BCUT2D eigenvalue weighted by Crippen LogP contribution is -2.41. The topological polar surface area (TPSA) is 163 Å². The summed E-state index contributed by atoms with van der Waals surface area (Å²) >= 11 is 0. The second-order valence-corrected chi connectivity index (χ2v) is 12.5. The molecule has 0 unspecified atom stereocenters. The average Bonchev–Trinajstić information content (AvgIpc) is 2.71. The van der Waals surface area contributed by atoms with E-state index >= 15 is 0 Å². The zero-order valence-corrected chi connectivity index (χ0v) is 22.0. The first kappa shape index (κ1) is 26.5. The highest BCUT2D eigenvalue weighted by Gasteiger charge is 2.32. The van der Waals surface area contributed by atoms with Crippen molar-refractivity contribution in [1.29, 1.82) is 0 Å². The van der Waals surface area contributed by atoms with E-state index in [9.17, 15) is 26.7 Å². The van der Waals surface area contributed by atoms with Gasteiger partial charge in [0.2, 0.25) is 10.0 Å². The number of aliphatic imine (C=N–C) groups is 1. The molecule has 3 rings (SSSR count). The molecule has 2 heterocycles. The van der Waals surface area contributed by atoms with Crippen molar-refractivity contribution in [2.75, 3.05) is 22.9 Å². The van der Waals surface area contributed by atoms with Crippen molar-refractivity contribution in [3.05, 3.63) is 34.1 Å². The third-order valence-corrected chi connectivity index (χ3v) is 7.37. The van der Waals surface area contributed by atoms with Crippen molar-refractivity contribution >= 4 is 43.1 Å². The predicted octanol–water partition coefficient (Wildman–Crippen LogP) is 1.58. The SMILES string of the molecule is CC(C)CCn1nc(N(C)C(C)C)c(O)c(C2=Nc3ccc(NS(C)(=O)=O)cc3S(=O)(=O)N2)c1=O. The van der Waals surface area contributed by atoms with Crippen molar-refractivity contribution in [2.24, 2.45) is 10.9 Å². The Labute approximate surface area is 204 Å². The number of rotatable bonds is 8. The van der Waals surface area contributed by atoms with Gasteiger partial charge in [0, 0.05) is 25.3 Å². The zero-order chi connectivity index (χ0) is 26.3. The Balaban J connectivity index is 2.23. The first-order chi connectivity index (χ1) is 16.1. The lowest BCUT2D eigenvalue weighted by atomic mass is 10.1. The van der Waals surface area contributed by atoms with E-state index in [1.165, 1.54) is 16.8 Å². The molecule has 2 aromatic rings. The van der Waals surface area contributed by atoms with Crippen LogP contribution in [0.4, 0.5) is 17.2 Å². The Morgan fingerprint density at radius 3 is 2.46 bits per heavy atom. The van der Waals surface area contributed by atoms with E-state index in [0.717, 1.165) is 12.3 Å². The molecule has 0 aliphatic carbocycles. The number of fused-ring (bicyclic) bond motifs is 1. The molecule has 0 bridgehead atoms. The van der Waals surface area contributed by atoms with Crippen LogP contribution in [0.3, 0.4) is 0 Å². The maximum atomic E-state index is 13.3. The van der Waals surface area contributed by atoms with Crippen molar-refractivity contribution in [1.82, 2.24) is 14.5 Å². The highest BCUT2D eigenvalue weighted by molar-refractivity contribution is 7.92. The molecule has 14 heteroatoms. The first-order valence-electron chi connectivity index (χ1n) is 10.9. The monoisotopic (exact) mass is 526 g/mol. The van der Waals surface area contributed by atoms with Crippen molar-refractivity contribution in [2.45, 2.75) is 51.6 Å². The molecule has 0 saturated heterocycles. The Kier molecular flexibility index (Phi) is 7.18. The number of aromatic hydroxyl groups is 1. The summed E-state index contributed by atoms with van der Waals surface area (Å²) in [6.45, 7) is 8.01. The van der Waals surface area contributed by atoms with Gasteiger partial charge in [0.25, 0.3) is 15.6 Å². The summed E-state index contributed by atoms with van der Waals surface area (Å²) in [5.41, 5.74) is -0.983. The quantitative estimate of drug-likeness (QED) is 0.467. The highest BCUT2D eigenvalue weighted by atomic mass is 32.2. The summed E-state index contributed by atoms with van der Waals surface area (Å²) in [6.07, 6.45) is 1.58. The standard InChI is InChI=1S/C21H30N6O6S2/c1-12(2)9-10-27-21(29)17(18(28)20(23-27)26(5)13(3)4)19-22-15-8-7-14(24-34(6,30)31)11-16(15)35(32,33)25-19/h7-8,11-13,24,28H,9-10H2,1-6H3,(H,22,25). The third kappa shape index (κ3) is 5.75. The summed E-state index contributed by atoms with van der Waals surface area (Å²) in [7, 11) is -6.18. The molecule has 3 N–H and O–H groups in total. The molecular weight excluding hydrogens is 496 g/mol. The number of benzene rings is 1. The predicted molar refractivity (Wildman–Crippen MR) is 135 cm³/mol. The van der Waals surface area contributed by atoms with Gasteiger partial charge in [-0.3, -0.25) is 14.2 Å². The molecule has 0 saturated carbocycles. The summed E-state index contributed by atoms with van der Waals surface area (Å²) in [4.78, 5) is 19.0. The van der Waals surface area contributed by atoms with Crippen LogP contribution in [0.5, 0.6) is 5.75 Å². The summed E-state index contributed by atoms with van der Waals surface area (Å²) in [5.74, 6) is -0.451. The van der Waals surface area contributed by atoms with Crippen LogP contribution in [0.25, 0.3) is 0 Å². The third-order valence-electron chi connectivity index (χ3n) is 5.39. The minimum Gasteiger partial charge on any atom is -0.504 e. The molecule has 1 aromatic carbocycles. The van der Waals surface area contributed by atoms with Gasteiger partial charge >= 0.3 is 0 Å². The molecule has 0 amide bonds. The van der Waals surface area contributed by atoms with Crippen LogP contribution < -0.4 is 19.9 Å². The first-order valence-corrected chi connectivity index (χ1v) is 14.3. The molecule has 0 radical (unpaired) electrons. The largest absolute Gasteiger partial charge is 0.504 e. The van der Waals surface area contributed by atoms with E-state index in [0.29, 0.717) is 6.42 Å². The fourth-order valence-corrected chi connectivity index (χ4v) is 5.05. The number of amidine groups is 1. The number of hydrogen-bond acceptors (Lipinski definition) is 9. The fourth-order valence-electron chi connectivity index (χ4n) is 3.31. The number of aryl methyl sites for hydroxylation is 1. The van der Waals surface area contributed by atoms with Crippen LogP contribution in [0.15, 0.2) is 32.9 Å². The normalized spacial score (nSPS) is 14.9. The molecule has 0 atom stereocenters. The molecule has 35 heavy (non-hydrogen) atoms. The van der Waals surface area contributed by atoms with Gasteiger partial charge in [-0.05, 0) is 44.4 Å². The maximum Gasteiger partial charge on any atom is 0.281 e. The van der Waals surface area contributed by atoms with Crippen LogP contribution in [-0.2, 0) is 26.6 Å². The van der Waals surface area contributed by atoms with Crippen LogP contribution in [0, 0.1) is 5.92 Å². The second kappa shape index (κ2) is 9.49. The van der Waals surface area contributed by atoms with Crippen LogP contribution in [0.2, 0.25) is 0 Å². The molecule has 12 nitrogen and oxygen atoms in total. The number of anilines is 2. The zero-order valence-electron chi connectivity index (χ0n) is 20.4. The van der Waals surface area contributed by atoms with Gasteiger partial charge in [0.15, 0.2) is 17.4 Å². The number of aromatic nitrogens is 2. The Morgan fingerprint density at radius 1 is 1.23 bits per heavy atom. The Hall–Kier alpha value is -3.13. The van der Waals surface area contributed by atoms with Crippen LogP contribution in [-0.4, -0.2) is 56.9 Å². The van der Waals surface area contributed by atoms with Crippen molar-refractivity contribution in [3.8, 4) is 5.75 Å². The summed E-state index contributed by atoms with van der Waals surface area (Å²) < 4.78 is 54.8. The van der Waals surface area contributed by atoms with Gasteiger partial charge in [-0.25, -0.2) is 26.5 Å². The smallest absolute Gasteiger partial charge is 0.281 e. The van der Waals surface area contributed by atoms with Gasteiger partial charge in [0.1, 0.15) is 10.5 Å². The van der Waals surface area contributed by atoms with Crippen LogP contribution in [0.1, 0.15) is 39.7 Å². The molecule has 1 aromatic heterocycles. The van der Waals surface area contributed by atoms with Gasteiger partial charge in [0.05, 0.1) is 11.9 Å². The minimum absolute atomic E-state index is 0.0130. The van der Waals surface area contributed by atoms with Gasteiger partial charge in [-0.15, -0.1) is 5.10 Å². The number of sulfonamides is 2. The molecule has 0 fully saturated rings. The molecular formula is C21H30N6O6S2. The molecule has 1 aliphatic rings. The van der Waals surface area contributed by atoms with Crippen molar-refractivity contribution < 1.29 is 21.9 Å². The van der Waals surface area contributed by atoms with Gasteiger partial charge < -0.3 is 10.0 Å². The number of nitrogens with one attached hydrogen (secondary N) is 2. The minimum atomic E-state index is -4.25. The Bertz CT molecular complexity index is 1450. The van der Waals surface area contributed by atoms with E-state index in [4.69, 9.17) is 0 Å². The molecule has 0 spiro atoms. The lowest BCUT2D eigenvalue weighted by molar-refractivity contribution is 0.438. The lowest BCUT2D eigenvalue weighted by Gasteiger charge is -2.26. The highest BCUT2D eigenvalue weighted by Crippen LogP contribution is 2.34. The van der Waals surface area contributed by atoms with Crippen molar-refractivity contribution in [3.63, 3.8) is 0 Å².